The van der Waals surface area contributed by atoms with Crippen molar-refractivity contribution < 1.29 is 13.9 Å². The third-order valence-corrected chi connectivity index (χ3v) is 4.66. The summed E-state index contributed by atoms with van der Waals surface area (Å²) in [6.07, 6.45) is 3.16. The summed E-state index contributed by atoms with van der Waals surface area (Å²) < 4.78 is 19.1. The number of benzene rings is 2. The first-order valence-electron chi connectivity index (χ1n) is 9.19. The molecule has 0 radical (unpaired) electrons. The molecule has 1 heterocycles. The van der Waals surface area contributed by atoms with Crippen LogP contribution in [0.3, 0.4) is 0 Å². The van der Waals surface area contributed by atoms with Gasteiger partial charge in [-0.2, -0.15) is 5.26 Å². The molecule has 1 amide bonds. The average molecular weight is 379 g/mol. The Morgan fingerprint density at radius 3 is 2.68 bits per heavy atom. The molecule has 144 valence electrons. The summed E-state index contributed by atoms with van der Waals surface area (Å²) in [5, 5.41) is 11.7. The number of hydrogen-bond donors (Lipinski definition) is 1. The van der Waals surface area contributed by atoms with E-state index in [9.17, 15) is 9.18 Å². The Bertz CT molecular complexity index is 868. The number of carbonyl (C=O) groups excluding carboxylic acids is 1. The van der Waals surface area contributed by atoms with E-state index < -0.39 is 0 Å². The van der Waals surface area contributed by atoms with Gasteiger partial charge in [0.2, 0.25) is 5.91 Å². The topological polar surface area (TPSA) is 65.4 Å². The minimum atomic E-state index is -0.289. The number of hydrogen-bond acceptors (Lipinski definition) is 4. The molecule has 0 aromatic heterocycles. The van der Waals surface area contributed by atoms with Gasteiger partial charge in [0.05, 0.1) is 30.9 Å². The molecule has 1 saturated heterocycles. The second-order valence-corrected chi connectivity index (χ2v) is 6.53. The van der Waals surface area contributed by atoms with Gasteiger partial charge in [-0.3, -0.25) is 9.69 Å². The highest BCUT2D eigenvalue weighted by Crippen LogP contribution is 2.22. The van der Waals surface area contributed by atoms with Crippen LogP contribution in [0.15, 0.2) is 54.6 Å². The van der Waals surface area contributed by atoms with Gasteiger partial charge in [0.1, 0.15) is 5.82 Å². The third kappa shape index (κ3) is 5.49. The summed E-state index contributed by atoms with van der Waals surface area (Å²) >= 11 is 0. The molecule has 1 atom stereocenters. The van der Waals surface area contributed by atoms with Crippen molar-refractivity contribution >= 4 is 12.0 Å². The van der Waals surface area contributed by atoms with E-state index in [-0.39, 0.29) is 17.8 Å². The molecule has 0 aliphatic carbocycles. The lowest BCUT2D eigenvalue weighted by Crippen LogP contribution is -2.43. The van der Waals surface area contributed by atoms with E-state index in [4.69, 9.17) is 10.00 Å². The molecule has 6 heteroatoms. The van der Waals surface area contributed by atoms with Crippen molar-refractivity contribution in [3.8, 4) is 6.07 Å². The molecule has 3 rings (SSSR count). The molecule has 2 aromatic rings. The molecule has 5 nitrogen and oxygen atoms in total. The maximum atomic E-state index is 13.7. The molecule has 2 aromatic carbocycles. The van der Waals surface area contributed by atoms with E-state index in [2.05, 4.69) is 16.3 Å². The predicted octanol–water partition coefficient (Wildman–Crippen LogP) is 2.90. The quantitative estimate of drug-likeness (QED) is 0.784. The van der Waals surface area contributed by atoms with Crippen molar-refractivity contribution in [2.75, 3.05) is 32.8 Å². The van der Waals surface area contributed by atoms with Crippen LogP contribution < -0.4 is 5.32 Å². The summed E-state index contributed by atoms with van der Waals surface area (Å²) in [6, 6.07) is 15.4. The lowest BCUT2D eigenvalue weighted by atomic mass is 10.0. The van der Waals surface area contributed by atoms with Crippen LogP contribution in [-0.4, -0.2) is 43.7 Å². The minimum Gasteiger partial charge on any atom is -0.379 e. The molecular formula is C22H22FN3O2. The monoisotopic (exact) mass is 379 g/mol. The van der Waals surface area contributed by atoms with Gasteiger partial charge in [-0.1, -0.05) is 24.3 Å². The van der Waals surface area contributed by atoms with Crippen LogP contribution in [0.2, 0.25) is 0 Å². The van der Waals surface area contributed by atoms with Crippen LogP contribution in [0, 0.1) is 17.1 Å². The molecule has 28 heavy (non-hydrogen) atoms. The Morgan fingerprint density at radius 2 is 2.00 bits per heavy atom. The molecule has 1 unspecified atom stereocenters. The first-order chi connectivity index (χ1) is 13.7. The largest absolute Gasteiger partial charge is 0.379 e. The Balaban J connectivity index is 1.64. The Hall–Kier alpha value is -3.01. The third-order valence-electron chi connectivity index (χ3n) is 4.66. The van der Waals surface area contributed by atoms with E-state index in [1.807, 2.05) is 6.07 Å². The van der Waals surface area contributed by atoms with Crippen LogP contribution in [0.25, 0.3) is 6.08 Å². The Kier molecular flexibility index (Phi) is 6.90. The van der Waals surface area contributed by atoms with E-state index in [0.717, 1.165) is 24.2 Å². The number of nitrogens with zero attached hydrogens (tertiary/aromatic N) is 2. The molecule has 1 aliphatic heterocycles. The molecule has 1 fully saturated rings. The van der Waals surface area contributed by atoms with E-state index in [1.54, 1.807) is 36.4 Å². The van der Waals surface area contributed by atoms with Gasteiger partial charge in [0, 0.05) is 25.7 Å². The summed E-state index contributed by atoms with van der Waals surface area (Å²) in [5.74, 6) is -0.512. The van der Waals surface area contributed by atoms with E-state index in [0.29, 0.717) is 25.3 Å². The van der Waals surface area contributed by atoms with Gasteiger partial charge in [0.15, 0.2) is 0 Å². The summed E-state index contributed by atoms with van der Waals surface area (Å²) in [5.41, 5.74) is 2.24. The predicted molar refractivity (Wildman–Crippen MR) is 105 cm³/mol. The normalized spacial score (nSPS) is 15.9. The zero-order valence-corrected chi connectivity index (χ0v) is 15.5. The summed E-state index contributed by atoms with van der Waals surface area (Å²) in [4.78, 5) is 14.5. The van der Waals surface area contributed by atoms with Gasteiger partial charge in [-0.15, -0.1) is 0 Å². The summed E-state index contributed by atoms with van der Waals surface area (Å²) in [6.45, 7) is 3.09. The number of nitriles is 1. The molecule has 0 bridgehead atoms. The van der Waals surface area contributed by atoms with Crippen LogP contribution in [-0.2, 0) is 9.53 Å². The van der Waals surface area contributed by atoms with Crippen LogP contribution >= 0.6 is 0 Å². The van der Waals surface area contributed by atoms with Gasteiger partial charge >= 0.3 is 0 Å². The lowest BCUT2D eigenvalue weighted by molar-refractivity contribution is -0.116. The zero-order valence-electron chi connectivity index (χ0n) is 15.5. The maximum absolute atomic E-state index is 13.7. The maximum Gasteiger partial charge on any atom is 0.244 e. The Labute approximate surface area is 164 Å². The fourth-order valence-electron chi connectivity index (χ4n) is 3.16. The van der Waals surface area contributed by atoms with Crippen LogP contribution in [0.4, 0.5) is 4.39 Å². The Morgan fingerprint density at radius 1 is 1.25 bits per heavy atom. The molecule has 0 spiro atoms. The minimum absolute atomic E-state index is 0.119. The second-order valence-electron chi connectivity index (χ2n) is 6.53. The van der Waals surface area contributed by atoms with E-state index in [1.165, 1.54) is 18.2 Å². The van der Waals surface area contributed by atoms with Crippen molar-refractivity contribution in [3.05, 3.63) is 77.1 Å². The number of rotatable bonds is 6. The van der Waals surface area contributed by atoms with Gasteiger partial charge in [-0.25, -0.2) is 4.39 Å². The zero-order chi connectivity index (χ0) is 19.8. The number of ether oxygens (including phenoxy) is 1. The highest BCUT2D eigenvalue weighted by atomic mass is 19.1. The van der Waals surface area contributed by atoms with Crippen molar-refractivity contribution in [2.45, 2.75) is 6.04 Å². The van der Waals surface area contributed by atoms with Crippen molar-refractivity contribution in [1.29, 1.82) is 5.26 Å². The first kappa shape index (κ1) is 19.7. The second kappa shape index (κ2) is 9.79. The number of morpholine rings is 1. The van der Waals surface area contributed by atoms with Crippen molar-refractivity contribution in [2.24, 2.45) is 0 Å². The van der Waals surface area contributed by atoms with Crippen LogP contribution in [0.1, 0.15) is 22.7 Å². The lowest BCUT2D eigenvalue weighted by Gasteiger charge is -2.34. The van der Waals surface area contributed by atoms with Gasteiger partial charge in [-0.05, 0) is 41.5 Å². The standard InChI is InChI=1S/C22H22FN3O2/c23-20-3-1-2-19(14-20)21(26-10-12-28-13-11-26)16-25-22(27)9-8-17-4-6-18(15-24)7-5-17/h1-9,14,21H,10-13,16H2,(H,25,27)/b9-8+. The van der Waals surface area contributed by atoms with Gasteiger partial charge in [0.25, 0.3) is 0 Å². The average Bonchev–Trinajstić information content (AvgIpc) is 2.73. The highest BCUT2D eigenvalue weighted by Gasteiger charge is 2.23. The number of carbonyl (C=O) groups is 1. The molecular weight excluding hydrogens is 357 g/mol. The van der Waals surface area contributed by atoms with E-state index >= 15 is 0 Å². The molecule has 1 aliphatic rings. The number of halogens is 1. The fourth-order valence-corrected chi connectivity index (χ4v) is 3.16. The first-order valence-corrected chi connectivity index (χ1v) is 9.19. The summed E-state index contributed by atoms with van der Waals surface area (Å²) in [7, 11) is 0. The van der Waals surface area contributed by atoms with Crippen LogP contribution in [0.5, 0.6) is 0 Å². The van der Waals surface area contributed by atoms with Gasteiger partial charge < -0.3 is 10.1 Å². The van der Waals surface area contributed by atoms with Crippen molar-refractivity contribution in [1.82, 2.24) is 10.2 Å². The number of amides is 1. The fraction of sp³-hybridized carbons (Fsp3) is 0.273. The number of nitrogens with one attached hydrogen (secondary N) is 1. The highest BCUT2D eigenvalue weighted by molar-refractivity contribution is 5.91. The molecule has 1 N–H and O–H groups in total. The smallest absolute Gasteiger partial charge is 0.244 e. The SMILES string of the molecule is N#Cc1ccc(/C=C/C(=O)NCC(c2cccc(F)c2)N2CCOCC2)cc1. The van der Waals surface area contributed by atoms with Crippen molar-refractivity contribution in [3.63, 3.8) is 0 Å². The molecule has 0 saturated carbocycles.